The van der Waals surface area contributed by atoms with Gasteiger partial charge in [0.15, 0.2) is 0 Å². The molecular formula is C30H26N2OSi. The number of benzene rings is 5. The lowest BCUT2D eigenvalue weighted by Gasteiger charge is -2.22. The zero-order valence-electron chi connectivity index (χ0n) is 19.6. The van der Waals surface area contributed by atoms with E-state index in [2.05, 4.69) is 121 Å². The Morgan fingerprint density at radius 3 is 1.88 bits per heavy atom. The van der Waals surface area contributed by atoms with Crippen molar-refractivity contribution in [1.82, 2.24) is 9.55 Å². The van der Waals surface area contributed by atoms with Gasteiger partial charge in [0.05, 0.1) is 16.6 Å². The Balaban J connectivity index is 1.81. The molecule has 3 nitrogen and oxygen atoms in total. The molecule has 0 saturated heterocycles. The molecule has 0 amide bonds. The summed E-state index contributed by atoms with van der Waals surface area (Å²) in [4.78, 5) is 5.33. The average molecular weight is 459 g/mol. The van der Waals surface area contributed by atoms with Gasteiger partial charge in [-0.05, 0) is 54.7 Å². The Morgan fingerprint density at radius 1 is 0.618 bits per heavy atom. The monoisotopic (exact) mass is 458 g/mol. The predicted molar refractivity (Wildman–Crippen MR) is 145 cm³/mol. The maximum Gasteiger partial charge on any atom is 0.242 e. The Kier molecular flexibility index (Phi) is 4.78. The van der Waals surface area contributed by atoms with Crippen LogP contribution in [0.1, 0.15) is 0 Å². The van der Waals surface area contributed by atoms with E-state index in [0.29, 0.717) is 0 Å². The van der Waals surface area contributed by atoms with Gasteiger partial charge in [-0.2, -0.15) is 0 Å². The number of fused-ring (bicyclic) bond motifs is 6. The van der Waals surface area contributed by atoms with E-state index >= 15 is 0 Å². The van der Waals surface area contributed by atoms with Crippen LogP contribution >= 0.6 is 0 Å². The lowest BCUT2D eigenvalue weighted by molar-refractivity contribution is 0.559. The fourth-order valence-corrected chi connectivity index (χ4v) is 5.62. The fourth-order valence-electron chi connectivity index (χ4n) is 4.78. The molecule has 0 spiro atoms. The highest BCUT2D eigenvalue weighted by Gasteiger charge is 2.24. The van der Waals surface area contributed by atoms with Crippen LogP contribution in [0.15, 0.2) is 103 Å². The van der Waals surface area contributed by atoms with Crippen LogP contribution in [-0.4, -0.2) is 17.9 Å². The van der Waals surface area contributed by atoms with Crippen LogP contribution in [0.5, 0.6) is 5.75 Å². The Hall–Kier alpha value is -3.89. The second-order valence-corrected chi connectivity index (χ2v) is 14.0. The first kappa shape index (κ1) is 20.7. The normalized spacial score (nSPS) is 12.0. The van der Waals surface area contributed by atoms with Crippen molar-refractivity contribution in [3.63, 3.8) is 0 Å². The molecule has 0 atom stereocenters. The van der Waals surface area contributed by atoms with E-state index in [4.69, 9.17) is 9.41 Å². The largest absolute Gasteiger partial charge is 0.544 e. The third-order valence-corrected chi connectivity index (χ3v) is 6.92. The summed E-state index contributed by atoms with van der Waals surface area (Å²) < 4.78 is 8.84. The summed E-state index contributed by atoms with van der Waals surface area (Å²) in [5.41, 5.74) is 4.23. The van der Waals surface area contributed by atoms with Gasteiger partial charge in [-0.1, -0.05) is 78.9 Å². The summed E-state index contributed by atoms with van der Waals surface area (Å²) in [7, 11) is -1.82. The highest BCUT2D eigenvalue weighted by Crippen LogP contribution is 2.41. The van der Waals surface area contributed by atoms with E-state index in [0.717, 1.165) is 39.2 Å². The standard InChI is InChI=1S/C30H26N2OSi/c1-34(2,3)33-27-20-12-11-19-26(27)30-31-28-24-17-9-7-15-22(24)23-16-8-10-18-25(23)29(28)32(30)21-13-5-4-6-14-21/h4-20H,1-3H3. The first-order valence-corrected chi connectivity index (χ1v) is 15.1. The van der Waals surface area contributed by atoms with Crippen LogP contribution in [0.2, 0.25) is 19.6 Å². The number of imidazole rings is 1. The zero-order chi connectivity index (χ0) is 23.3. The molecule has 0 radical (unpaired) electrons. The van der Waals surface area contributed by atoms with Crippen LogP contribution in [0.25, 0.3) is 49.7 Å². The number of aromatic nitrogens is 2. The first-order chi connectivity index (χ1) is 16.5. The molecule has 6 rings (SSSR count). The van der Waals surface area contributed by atoms with Gasteiger partial charge < -0.3 is 4.43 Å². The summed E-state index contributed by atoms with van der Waals surface area (Å²) >= 11 is 0. The number of rotatable bonds is 4. The molecule has 4 heteroatoms. The summed E-state index contributed by atoms with van der Waals surface area (Å²) in [6, 6.07) is 36.0. The van der Waals surface area contributed by atoms with E-state index in [9.17, 15) is 0 Å². The summed E-state index contributed by atoms with van der Waals surface area (Å²) in [6.07, 6.45) is 0. The molecule has 0 saturated carbocycles. The van der Waals surface area contributed by atoms with Gasteiger partial charge in [-0.15, -0.1) is 0 Å². The van der Waals surface area contributed by atoms with Crippen LogP contribution < -0.4 is 4.43 Å². The van der Waals surface area contributed by atoms with E-state index in [1.807, 2.05) is 6.07 Å². The van der Waals surface area contributed by atoms with Crippen molar-refractivity contribution >= 4 is 40.9 Å². The summed E-state index contributed by atoms with van der Waals surface area (Å²) in [5, 5.41) is 4.82. The van der Waals surface area contributed by atoms with Crippen molar-refractivity contribution in [2.75, 3.05) is 0 Å². The molecule has 5 aromatic carbocycles. The molecule has 0 N–H and O–H groups in total. The summed E-state index contributed by atoms with van der Waals surface area (Å²) in [5.74, 6) is 1.79. The highest BCUT2D eigenvalue weighted by atomic mass is 28.4. The van der Waals surface area contributed by atoms with Crippen LogP contribution in [0, 0.1) is 0 Å². The molecule has 0 aliphatic heterocycles. The minimum absolute atomic E-state index is 0.891. The second kappa shape index (κ2) is 7.85. The number of nitrogens with zero attached hydrogens (tertiary/aromatic N) is 2. The Labute approximate surface area is 200 Å². The minimum atomic E-state index is -1.82. The Morgan fingerprint density at radius 2 is 1.18 bits per heavy atom. The molecule has 0 aliphatic rings. The molecule has 0 aliphatic carbocycles. The van der Waals surface area contributed by atoms with E-state index < -0.39 is 8.32 Å². The van der Waals surface area contributed by atoms with Gasteiger partial charge in [0.2, 0.25) is 8.32 Å². The SMILES string of the molecule is C[Si](C)(C)Oc1ccccc1-c1nc2c3ccccc3c3ccccc3c2n1-c1ccccc1. The third-order valence-electron chi connectivity index (χ3n) is 6.09. The van der Waals surface area contributed by atoms with Crippen molar-refractivity contribution in [3.05, 3.63) is 103 Å². The summed E-state index contributed by atoms with van der Waals surface area (Å²) in [6.45, 7) is 6.64. The van der Waals surface area contributed by atoms with Crippen LogP contribution in [-0.2, 0) is 0 Å². The molecule has 0 bridgehead atoms. The number of para-hydroxylation sites is 2. The van der Waals surface area contributed by atoms with Crippen molar-refractivity contribution in [3.8, 4) is 22.8 Å². The van der Waals surface area contributed by atoms with Gasteiger partial charge in [0.1, 0.15) is 11.6 Å². The highest BCUT2D eigenvalue weighted by molar-refractivity contribution is 6.70. The lowest BCUT2D eigenvalue weighted by atomic mass is 10.00. The molecule has 166 valence electrons. The lowest BCUT2D eigenvalue weighted by Crippen LogP contribution is -2.29. The van der Waals surface area contributed by atoms with Crippen LogP contribution in [0.4, 0.5) is 0 Å². The average Bonchev–Trinajstić information content (AvgIpc) is 3.25. The van der Waals surface area contributed by atoms with Crippen molar-refractivity contribution < 1.29 is 4.43 Å². The molecule has 1 aromatic heterocycles. The molecule has 6 aromatic rings. The first-order valence-electron chi connectivity index (χ1n) is 11.7. The third kappa shape index (κ3) is 3.39. The predicted octanol–water partition coefficient (Wildman–Crippen LogP) is 8.21. The van der Waals surface area contributed by atoms with Gasteiger partial charge in [0, 0.05) is 16.5 Å². The molecule has 0 unspecified atom stereocenters. The van der Waals surface area contributed by atoms with Crippen LogP contribution in [0.3, 0.4) is 0 Å². The molecule has 0 fully saturated rings. The quantitative estimate of drug-likeness (QED) is 0.197. The van der Waals surface area contributed by atoms with Crippen molar-refractivity contribution in [2.24, 2.45) is 0 Å². The van der Waals surface area contributed by atoms with Crippen molar-refractivity contribution in [1.29, 1.82) is 0 Å². The van der Waals surface area contributed by atoms with E-state index in [-0.39, 0.29) is 0 Å². The topological polar surface area (TPSA) is 27.1 Å². The molecule has 34 heavy (non-hydrogen) atoms. The smallest absolute Gasteiger partial charge is 0.242 e. The van der Waals surface area contributed by atoms with Gasteiger partial charge in [0.25, 0.3) is 0 Å². The molecule has 1 heterocycles. The fraction of sp³-hybridized carbons (Fsp3) is 0.100. The van der Waals surface area contributed by atoms with Gasteiger partial charge >= 0.3 is 0 Å². The van der Waals surface area contributed by atoms with Gasteiger partial charge in [-0.25, -0.2) is 4.98 Å². The number of hydrogen-bond acceptors (Lipinski definition) is 2. The maximum absolute atomic E-state index is 6.53. The van der Waals surface area contributed by atoms with Crippen molar-refractivity contribution in [2.45, 2.75) is 19.6 Å². The van der Waals surface area contributed by atoms with E-state index in [1.54, 1.807) is 0 Å². The van der Waals surface area contributed by atoms with E-state index in [1.165, 1.54) is 16.2 Å². The Bertz CT molecular complexity index is 1660. The minimum Gasteiger partial charge on any atom is -0.544 e. The van der Waals surface area contributed by atoms with Gasteiger partial charge in [-0.3, -0.25) is 4.57 Å². The second-order valence-electron chi connectivity index (χ2n) is 9.61. The zero-order valence-corrected chi connectivity index (χ0v) is 20.6. The number of hydrogen-bond donors (Lipinski definition) is 0. The molecular weight excluding hydrogens is 432 g/mol. The maximum atomic E-state index is 6.53.